The Labute approximate surface area is 171 Å². The van der Waals surface area contributed by atoms with Crippen LogP contribution >= 0.6 is 0 Å². The van der Waals surface area contributed by atoms with Crippen molar-refractivity contribution in [3.63, 3.8) is 0 Å². The lowest BCUT2D eigenvalue weighted by Crippen LogP contribution is -2.56. The monoisotopic (exact) mass is 396 g/mol. The van der Waals surface area contributed by atoms with Gasteiger partial charge in [-0.2, -0.15) is 0 Å². The third-order valence-corrected chi connectivity index (χ3v) is 4.90. The smallest absolute Gasteiger partial charge is 0.363 e. The molecule has 3 rings (SSSR count). The van der Waals surface area contributed by atoms with Crippen molar-refractivity contribution in [3.8, 4) is 0 Å². The summed E-state index contributed by atoms with van der Waals surface area (Å²) in [5.74, 6) is -0.0982. The second-order valence-corrected chi connectivity index (χ2v) is 6.22. The molecule has 0 bridgehead atoms. The van der Waals surface area contributed by atoms with Gasteiger partial charge in [0, 0.05) is 37.8 Å². The first-order valence-electron chi connectivity index (χ1n) is 10.8. The van der Waals surface area contributed by atoms with Gasteiger partial charge in [-0.1, -0.05) is 41.5 Å². The van der Waals surface area contributed by atoms with Gasteiger partial charge in [0.2, 0.25) is 0 Å². The van der Waals surface area contributed by atoms with E-state index in [-0.39, 0.29) is 11.4 Å². The molecule has 7 nitrogen and oxygen atoms in total. The van der Waals surface area contributed by atoms with Crippen molar-refractivity contribution in [2.24, 2.45) is 0 Å². The highest BCUT2D eigenvalue weighted by Gasteiger charge is 2.36. The molecule has 2 aliphatic rings. The number of morpholine rings is 1. The quantitative estimate of drug-likeness (QED) is 0.542. The minimum Gasteiger partial charge on any atom is -0.379 e. The predicted octanol–water partition coefficient (Wildman–Crippen LogP) is 4.76. The number of hydrogen-bond donors (Lipinski definition) is 0. The molecule has 0 unspecified atom stereocenters. The topological polar surface area (TPSA) is 71.7 Å². The second kappa shape index (κ2) is 14.3. The van der Waals surface area contributed by atoms with Crippen LogP contribution in [0, 0.1) is 10.1 Å². The Morgan fingerprint density at radius 3 is 1.96 bits per heavy atom. The zero-order valence-electron chi connectivity index (χ0n) is 18.9. The first-order valence-corrected chi connectivity index (χ1v) is 10.8. The van der Waals surface area contributed by atoms with E-state index in [0.29, 0.717) is 0 Å². The number of nitrogens with zero attached hydrogens (tertiary/aromatic N) is 4. The Hall–Kier alpha value is -1.73. The first kappa shape index (κ1) is 26.3. The van der Waals surface area contributed by atoms with Crippen molar-refractivity contribution in [1.29, 1.82) is 0 Å². The van der Waals surface area contributed by atoms with Crippen molar-refractivity contribution >= 4 is 11.5 Å². The SMILES string of the molecule is CC.CC.CC.CC1(N2CCOCC2)CCN(c2ccc([N+](=O)[O-])nc2)CC1. The average molecular weight is 397 g/mol. The zero-order chi connectivity index (χ0) is 21.6. The third-order valence-electron chi connectivity index (χ3n) is 4.90. The highest BCUT2D eigenvalue weighted by Crippen LogP contribution is 2.31. The molecule has 2 saturated heterocycles. The van der Waals surface area contributed by atoms with Gasteiger partial charge < -0.3 is 19.8 Å². The highest BCUT2D eigenvalue weighted by molar-refractivity contribution is 5.47. The molecule has 3 heterocycles. The minimum atomic E-state index is -0.463. The predicted molar refractivity (Wildman–Crippen MR) is 117 cm³/mol. The maximum Gasteiger partial charge on any atom is 0.363 e. The number of nitro groups is 1. The summed E-state index contributed by atoms with van der Waals surface area (Å²) in [7, 11) is 0. The summed E-state index contributed by atoms with van der Waals surface area (Å²) in [6.45, 7) is 19.9. The van der Waals surface area contributed by atoms with E-state index in [1.807, 2.05) is 41.5 Å². The molecule has 1 aromatic heterocycles. The van der Waals surface area contributed by atoms with Gasteiger partial charge in [-0.25, -0.2) is 0 Å². The van der Waals surface area contributed by atoms with Gasteiger partial charge >= 0.3 is 5.82 Å². The molecule has 2 aliphatic heterocycles. The molecule has 0 aliphatic carbocycles. The molecule has 0 amide bonds. The van der Waals surface area contributed by atoms with Gasteiger partial charge in [-0.15, -0.1) is 0 Å². The summed E-state index contributed by atoms with van der Waals surface area (Å²) in [4.78, 5) is 18.9. The fourth-order valence-corrected chi connectivity index (χ4v) is 3.34. The lowest BCUT2D eigenvalue weighted by Gasteiger charge is -2.48. The number of pyridine rings is 1. The van der Waals surface area contributed by atoms with Crippen molar-refractivity contribution in [1.82, 2.24) is 9.88 Å². The van der Waals surface area contributed by atoms with Crippen molar-refractivity contribution in [3.05, 3.63) is 28.4 Å². The Morgan fingerprint density at radius 2 is 1.54 bits per heavy atom. The molecule has 28 heavy (non-hydrogen) atoms. The number of rotatable bonds is 3. The summed E-state index contributed by atoms with van der Waals surface area (Å²) in [5, 5.41) is 10.7. The zero-order valence-corrected chi connectivity index (χ0v) is 18.9. The molecule has 162 valence electrons. The largest absolute Gasteiger partial charge is 0.379 e. The molecule has 2 fully saturated rings. The normalized spacial score (nSPS) is 18.3. The van der Waals surface area contributed by atoms with Crippen LogP contribution in [0.1, 0.15) is 61.3 Å². The Kier molecular flexibility index (Phi) is 13.4. The fourth-order valence-electron chi connectivity index (χ4n) is 3.34. The van der Waals surface area contributed by atoms with Gasteiger partial charge in [-0.05, 0) is 35.7 Å². The maximum absolute atomic E-state index is 10.7. The van der Waals surface area contributed by atoms with E-state index < -0.39 is 4.92 Å². The Morgan fingerprint density at radius 1 is 1.00 bits per heavy atom. The van der Waals surface area contributed by atoms with Crippen LogP contribution in [-0.4, -0.2) is 59.7 Å². The number of anilines is 1. The standard InChI is InChI=1S/C15H22N4O3.3C2H6/c1-15(18-8-10-22-11-9-18)4-6-17(7-5-15)13-2-3-14(16-12-13)19(20)21;3*1-2/h2-3,12H,4-11H2,1H3;3*1-2H3. The van der Waals surface area contributed by atoms with Gasteiger partial charge in [-0.3, -0.25) is 4.90 Å². The number of aromatic nitrogens is 1. The van der Waals surface area contributed by atoms with Crippen LogP contribution < -0.4 is 4.90 Å². The van der Waals surface area contributed by atoms with Crippen LogP contribution in [0.25, 0.3) is 0 Å². The third kappa shape index (κ3) is 7.36. The van der Waals surface area contributed by atoms with Crippen LogP contribution in [0.5, 0.6) is 0 Å². The molecule has 7 heteroatoms. The molecule has 1 aromatic rings. The van der Waals surface area contributed by atoms with Gasteiger partial charge in [0.05, 0.1) is 18.9 Å². The van der Waals surface area contributed by atoms with Crippen LogP contribution in [0.2, 0.25) is 0 Å². The van der Waals surface area contributed by atoms with E-state index in [4.69, 9.17) is 4.74 Å². The summed E-state index contributed by atoms with van der Waals surface area (Å²) in [6.07, 6.45) is 3.78. The van der Waals surface area contributed by atoms with E-state index in [9.17, 15) is 10.1 Å². The summed E-state index contributed by atoms with van der Waals surface area (Å²) < 4.78 is 5.44. The van der Waals surface area contributed by atoms with E-state index in [2.05, 4.69) is 21.7 Å². The molecular weight excluding hydrogens is 356 g/mol. The maximum atomic E-state index is 10.7. The van der Waals surface area contributed by atoms with E-state index >= 15 is 0 Å². The first-order chi connectivity index (χ1) is 13.6. The van der Waals surface area contributed by atoms with Gasteiger partial charge in [0.15, 0.2) is 6.20 Å². The van der Waals surface area contributed by atoms with Gasteiger partial charge in [0.1, 0.15) is 0 Å². The lowest BCUT2D eigenvalue weighted by molar-refractivity contribution is -0.389. The minimum absolute atomic E-state index is 0.0982. The van der Waals surface area contributed by atoms with E-state index in [1.54, 1.807) is 12.3 Å². The number of hydrogen-bond acceptors (Lipinski definition) is 6. The lowest BCUT2D eigenvalue weighted by atomic mass is 9.87. The molecule has 0 radical (unpaired) electrons. The molecule has 0 atom stereocenters. The van der Waals surface area contributed by atoms with Crippen LogP contribution in [0.4, 0.5) is 11.5 Å². The van der Waals surface area contributed by atoms with Gasteiger partial charge in [0.25, 0.3) is 0 Å². The molecule has 0 spiro atoms. The Balaban J connectivity index is 0.00000111. The van der Waals surface area contributed by atoms with Crippen molar-refractivity contribution in [2.45, 2.75) is 66.8 Å². The second-order valence-electron chi connectivity index (χ2n) is 6.22. The van der Waals surface area contributed by atoms with Crippen LogP contribution in [0.15, 0.2) is 18.3 Å². The summed E-state index contributed by atoms with van der Waals surface area (Å²) >= 11 is 0. The van der Waals surface area contributed by atoms with E-state index in [1.165, 1.54) is 6.07 Å². The Bertz CT molecular complexity index is 523. The van der Waals surface area contributed by atoms with Crippen molar-refractivity contribution in [2.75, 3.05) is 44.3 Å². The van der Waals surface area contributed by atoms with Crippen molar-refractivity contribution < 1.29 is 9.66 Å². The molecule has 0 N–H and O–H groups in total. The van der Waals surface area contributed by atoms with Crippen LogP contribution in [0.3, 0.4) is 0 Å². The molecule has 0 saturated carbocycles. The highest BCUT2D eigenvalue weighted by atomic mass is 16.6. The summed E-state index contributed by atoms with van der Waals surface area (Å²) in [6, 6.07) is 3.27. The fraction of sp³-hybridized carbons (Fsp3) is 0.762. The van der Waals surface area contributed by atoms with E-state index in [0.717, 1.165) is 57.9 Å². The average Bonchev–Trinajstić information content (AvgIpc) is 2.79. The summed E-state index contributed by atoms with van der Waals surface area (Å²) in [5.41, 5.74) is 1.20. The number of ether oxygens (including phenoxy) is 1. The molecule has 0 aromatic carbocycles. The van der Waals surface area contributed by atoms with Crippen LogP contribution in [-0.2, 0) is 4.74 Å². The molecular formula is C21H40N4O3. The number of piperidine rings is 1.